The Balaban J connectivity index is 0.000000200. The maximum atomic E-state index is 13.8. The molecule has 0 unspecified atom stereocenters. The molecule has 0 aliphatic rings. The van der Waals surface area contributed by atoms with Gasteiger partial charge in [0.2, 0.25) is 0 Å². The summed E-state index contributed by atoms with van der Waals surface area (Å²) in [4.78, 5) is 130. The number of carbonyl (C=O) groups excluding carboxylic acids is 6. The largest absolute Gasteiger partial charge is 0.444 e. The summed E-state index contributed by atoms with van der Waals surface area (Å²) in [7, 11) is 0. The number of nitrogens with zero attached hydrogens (tertiary/aromatic N) is 10. The maximum absolute atomic E-state index is 13.8. The molecule has 0 fully saturated rings. The predicted molar refractivity (Wildman–Crippen MR) is 476 cm³/mol. The Morgan fingerprint density at radius 1 is 0.496 bits per heavy atom. The number of aryl methyl sites for hydroxylation is 2. The number of ether oxygens (including phenoxy) is 1. The number of nitrogens with one attached hydrogen (secondary N) is 7. The number of amides is 4. The molecule has 4 amide bonds. The monoisotopic (exact) mass is 1730 g/mol. The quantitative estimate of drug-likeness (QED) is 0.0104. The minimum atomic E-state index is -0.710. The number of rotatable bonds is 28. The fourth-order valence-corrected chi connectivity index (χ4v) is 15.4. The number of hydrogen-bond acceptors (Lipinski definition) is 21. The van der Waals surface area contributed by atoms with E-state index in [9.17, 15) is 52.1 Å². The van der Waals surface area contributed by atoms with Gasteiger partial charge < -0.3 is 41.0 Å². The van der Waals surface area contributed by atoms with E-state index in [1.54, 1.807) is 55.1 Å². The first-order chi connectivity index (χ1) is 57.6. The molecule has 13 rings (SSSR count). The number of halogens is 3. The third kappa shape index (κ3) is 25.6. The van der Waals surface area contributed by atoms with Gasteiger partial charge in [-0.25, -0.2) is 47.9 Å². The number of imidazole rings is 3. The molecule has 9 aromatic heterocycles. The van der Waals surface area contributed by atoms with Gasteiger partial charge in [-0.1, -0.05) is 138 Å². The second-order valence-electron chi connectivity index (χ2n) is 33.1. The molecule has 0 saturated heterocycles. The number of pyridine rings is 3. The summed E-state index contributed by atoms with van der Waals surface area (Å²) in [6.45, 7) is 34.0. The molecule has 123 heavy (non-hydrogen) atoms. The highest BCUT2D eigenvalue weighted by molar-refractivity contribution is 7.10. The molecular weight excluding hydrogens is 1630 g/mol. The number of aldehydes is 1. The van der Waals surface area contributed by atoms with Crippen LogP contribution in [0.3, 0.4) is 0 Å². The van der Waals surface area contributed by atoms with Crippen molar-refractivity contribution >= 4 is 109 Å². The molecule has 0 aliphatic carbocycles. The lowest BCUT2D eigenvalue weighted by Gasteiger charge is -2.41. The number of thiazole rings is 3. The first-order valence-corrected chi connectivity index (χ1v) is 41.9. The SMILES string of the molecule is C.C=CC(=O)Cc1ccccc1[N+](=O)[O-].CC(C)(C)OC(=O)NC(C)(C)C(C)(C)c1nc(C(=O)NCc2ncccc2F)cs1.CC(C)(CCCc1nc2ccccc2[nH]1)C(C)(C)c1nc(C(=O)NCc2ncccc2F)cs1.CC(C)(CCc1nc2ccccc2[nH]1)C(C)(C)c1nc(C(=O)NCc2ncccc2F)cs1.O=Cc1nc2ccccc2[nH]1. The second kappa shape index (κ2) is 41.9. The molecule has 648 valence electrons. The van der Waals surface area contributed by atoms with Crippen LogP contribution in [0.2, 0.25) is 0 Å². The number of hydrogen-bond donors (Lipinski definition) is 7. The third-order valence-corrected chi connectivity index (χ3v) is 25.2. The van der Waals surface area contributed by atoms with Crippen LogP contribution < -0.4 is 21.3 Å². The number of allylic oxidation sites excluding steroid dienone is 1. The lowest BCUT2D eigenvalue weighted by Crippen LogP contribution is -2.56. The van der Waals surface area contributed by atoms with Gasteiger partial charge in [0.05, 0.1) is 84.8 Å². The average molecular weight is 1740 g/mol. The molecular formula is C91H106F3N17O9S3. The minimum absolute atomic E-state index is 0. The molecule has 4 aromatic carbocycles. The van der Waals surface area contributed by atoms with E-state index in [2.05, 4.69) is 138 Å². The van der Waals surface area contributed by atoms with E-state index in [1.165, 1.54) is 95.1 Å². The highest BCUT2D eigenvalue weighted by atomic mass is 32.1. The van der Waals surface area contributed by atoms with E-state index in [0.29, 0.717) is 34.1 Å². The summed E-state index contributed by atoms with van der Waals surface area (Å²) in [6, 6.07) is 38.3. The van der Waals surface area contributed by atoms with Crippen molar-refractivity contribution in [2.75, 3.05) is 0 Å². The zero-order valence-electron chi connectivity index (χ0n) is 70.9. The number of nitro benzene ring substituents is 1. The average Bonchev–Trinajstić information content (AvgIpc) is 1.72. The van der Waals surface area contributed by atoms with Crippen molar-refractivity contribution in [1.82, 2.24) is 81.1 Å². The van der Waals surface area contributed by atoms with E-state index in [0.717, 1.165) is 92.9 Å². The van der Waals surface area contributed by atoms with Crippen LogP contribution in [0.25, 0.3) is 33.1 Å². The van der Waals surface area contributed by atoms with Gasteiger partial charge in [-0.15, -0.1) is 34.0 Å². The molecule has 0 aliphatic heterocycles. The number of para-hydroxylation sites is 7. The van der Waals surface area contributed by atoms with Gasteiger partial charge in [0.15, 0.2) is 17.9 Å². The van der Waals surface area contributed by atoms with Gasteiger partial charge >= 0.3 is 6.09 Å². The van der Waals surface area contributed by atoms with Crippen LogP contribution in [0.1, 0.15) is 222 Å². The predicted octanol–water partition coefficient (Wildman–Crippen LogP) is 19.3. The van der Waals surface area contributed by atoms with Crippen LogP contribution in [0.5, 0.6) is 0 Å². The molecule has 0 atom stereocenters. The molecule has 0 saturated carbocycles. The zero-order valence-corrected chi connectivity index (χ0v) is 73.3. The number of alkyl carbamates (subject to hydrolysis) is 1. The number of aromatic nitrogens is 12. The van der Waals surface area contributed by atoms with Crippen molar-refractivity contribution in [3.05, 3.63) is 281 Å². The van der Waals surface area contributed by atoms with Crippen LogP contribution in [-0.2, 0) is 64.7 Å². The molecule has 0 bridgehead atoms. The van der Waals surface area contributed by atoms with E-state index in [4.69, 9.17) is 9.72 Å². The van der Waals surface area contributed by atoms with E-state index < -0.39 is 50.9 Å². The van der Waals surface area contributed by atoms with Crippen LogP contribution >= 0.6 is 34.0 Å². The number of nitro groups is 1. The Labute approximate surface area is 725 Å². The molecule has 26 nitrogen and oxygen atoms in total. The molecule has 0 spiro atoms. The molecule has 32 heteroatoms. The Kier molecular flexibility index (Phi) is 32.7. The second-order valence-corrected chi connectivity index (χ2v) is 35.7. The van der Waals surface area contributed by atoms with Crippen molar-refractivity contribution in [2.45, 2.75) is 197 Å². The Hall–Kier alpha value is -12.4. The number of carbonyl (C=O) groups is 6. The molecule has 0 radical (unpaired) electrons. The summed E-state index contributed by atoms with van der Waals surface area (Å²) in [6.07, 6.45) is 10.4. The lowest BCUT2D eigenvalue weighted by molar-refractivity contribution is -0.385. The van der Waals surface area contributed by atoms with Crippen molar-refractivity contribution in [1.29, 1.82) is 0 Å². The summed E-state index contributed by atoms with van der Waals surface area (Å²) in [5.74, 6) is -0.302. The van der Waals surface area contributed by atoms with E-state index in [-0.39, 0.29) is 101 Å². The zero-order chi connectivity index (χ0) is 89.0. The first kappa shape index (κ1) is 96.0. The third-order valence-electron chi connectivity index (χ3n) is 21.7. The maximum Gasteiger partial charge on any atom is 0.408 e. The van der Waals surface area contributed by atoms with Crippen molar-refractivity contribution in [2.24, 2.45) is 10.8 Å². The Bertz CT molecular complexity index is 5720. The summed E-state index contributed by atoms with van der Waals surface area (Å²) in [5.41, 5.74) is 5.11. The minimum Gasteiger partial charge on any atom is -0.444 e. The summed E-state index contributed by atoms with van der Waals surface area (Å²) in [5, 5.41) is 29.2. The number of H-pyrrole nitrogens is 3. The van der Waals surface area contributed by atoms with Crippen LogP contribution in [0, 0.1) is 38.4 Å². The standard InChI is InChI=1S/C26H30FN5OS.C25H28FN5OS.C21H29FN4O3S.C10H9NO3.C8H6N2O.CH4/c1-25(2,13-7-12-22-30-18-10-5-6-11-19(18)31-22)26(3,4)24-32-21(16-34-24)23(33)29-15-20-17(27)9-8-14-28-20;1-24(2,12-11-21-29-17-9-5-6-10-18(17)30-21)25(3,4)23-31-20(15-33-23)22(32)28-14-19-16(26)8-7-13-27-19;1-19(2,3)29-18(28)26-21(6,7)20(4,5)17-25-15(12-30-17)16(27)24-11-14-13(22)9-8-10-23-14;1-2-9(12)7-8-5-3-4-6-10(8)11(13)14;11-5-8-9-6-3-1-2-4-7(6)10-8;/h5-6,8-11,14,16H,7,12-13,15H2,1-4H3,(H,29,33)(H,30,31);5-10,13,15H,11-12,14H2,1-4H3,(H,28,32)(H,29,30);8-10,12H,11H2,1-7H3,(H,24,27)(H,26,28);2-6H,1,7H2;1-5H,(H,9,10);1H4. The smallest absolute Gasteiger partial charge is 0.408 e. The lowest BCUT2D eigenvalue weighted by atomic mass is 9.65. The fourth-order valence-electron chi connectivity index (χ4n) is 12.1. The van der Waals surface area contributed by atoms with Crippen LogP contribution in [0.15, 0.2) is 181 Å². The van der Waals surface area contributed by atoms with E-state index in [1.807, 2.05) is 100 Å². The Morgan fingerprint density at radius 3 is 1.27 bits per heavy atom. The van der Waals surface area contributed by atoms with Crippen LogP contribution in [-0.4, -0.2) is 112 Å². The topological polar surface area (TPSA) is 366 Å². The number of aromatic amines is 3. The van der Waals surface area contributed by atoms with Gasteiger partial charge in [0, 0.05) is 87.4 Å². The van der Waals surface area contributed by atoms with Crippen molar-refractivity contribution in [3.8, 4) is 0 Å². The Morgan fingerprint density at radius 2 is 0.878 bits per heavy atom. The van der Waals surface area contributed by atoms with Crippen molar-refractivity contribution in [3.63, 3.8) is 0 Å². The van der Waals surface area contributed by atoms with Gasteiger partial charge in [0.1, 0.15) is 56.8 Å². The highest BCUT2D eigenvalue weighted by Gasteiger charge is 2.45. The van der Waals surface area contributed by atoms with E-state index >= 15 is 0 Å². The number of fused-ring (bicyclic) bond motifs is 3. The van der Waals surface area contributed by atoms with Crippen molar-refractivity contribution < 1.29 is 51.6 Å². The summed E-state index contributed by atoms with van der Waals surface area (Å²) < 4.78 is 46.6. The van der Waals surface area contributed by atoms with Gasteiger partial charge in [-0.05, 0) is 144 Å². The highest BCUT2D eigenvalue weighted by Crippen LogP contribution is 2.47. The number of ketones is 1. The van der Waals surface area contributed by atoms with Gasteiger partial charge in [-0.3, -0.25) is 49.0 Å². The fraction of sp³-hybridized carbons (Fsp3) is 0.352. The van der Waals surface area contributed by atoms with Gasteiger partial charge in [-0.2, -0.15) is 0 Å². The molecule has 9 heterocycles. The van der Waals surface area contributed by atoms with Gasteiger partial charge in [0.25, 0.3) is 23.4 Å². The summed E-state index contributed by atoms with van der Waals surface area (Å²) >= 11 is 4.29. The first-order valence-electron chi connectivity index (χ1n) is 39.3. The molecule has 7 N–H and O–H groups in total. The number of benzene rings is 4. The molecule has 13 aromatic rings. The normalized spacial score (nSPS) is 11.7. The van der Waals surface area contributed by atoms with Crippen LogP contribution in [0.4, 0.5) is 23.7 Å².